The highest BCUT2D eigenvalue weighted by molar-refractivity contribution is 7.15. The zero-order chi connectivity index (χ0) is 25.7. The van der Waals surface area contributed by atoms with Gasteiger partial charge in [0.2, 0.25) is 5.91 Å². The van der Waals surface area contributed by atoms with Gasteiger partial charge in [0.25, 0.3) is 11.8 Å². The van der Waals surface area contributed by atoms with E-state index >= 15 is 0 Å². The van der Waals surface area contributed by atoms with E-state index in [1.165, 1.54) is 28.4 Å². The molecule has 7 nitrogen and oxygen atoms in total. The molecule has 1 aromatic heterocycles. The van der Waals surface area contributed by atoms with E-state index < -0.39 is 5.97 Å². The van der Waals surface area contributed by atoms with Crippen LogP contribution in [0.1, 0.15) is 63.7 Å². The van der Waals surface area contributed by atoms with Crippen LogP contribution in [-0.4, -0.2) is 41.7 Å². The number of imide groups is 1. The summed E-state index contributed by atoms with van der Waals surface area (Å²) in [4.78, 5) is 51.3. The van der Waals surface area contributed by atoms with Crippen molar-refractivity contribution in [2.45, 2.75) is 32.6 Å². The second-order valence-electron chi connectivity index (χ2n) is 8.25. The first kappa shape index (κ1) is 25.2. The predicted octanol–water partition coefficient (Wildman–Crippen LogP) is 5.53. The van der Waals surface area contributed by atoms with Gasteiger partial charge in [-0.1, -0.05) is 30.7 Å². The Hall–Kier alpha value is -3.85. The Labute approximate surface area is 211 Å². The Morgan fingerprint density at radius 3 is 2.25 bits per heavy atom. The van der Waals surface area contributed by atoms with Crippen molar-refractivity contribution in [3.8, 4) is 11.1 Å². The van der Waals surface area contributed by atoms with Crippen LogP contribution >= 0.6 is 11.3 Å². The lowest BCUT2D eigenvalue weighted by atomic mass is 10.0. The molecule has 0 unspecified atom stereocenters. The first-order chi connectivity index (χ1) is 17.4. The minimum atomic E-state index is -0.561. The third-order valence-electron chi connectivity index (χ3n) is 5.84. The molecule has 0 fully saturated rings. The summed E-state index contributed by atoms with van der Waals surface area (Å²) in [5.74, 6) is -1.77. The Morgan fingerprint density at radius 1 is 0.944 bits per heavy atom. The Balaban J connectivity index is 1.31. The number of amides is 3. The van der Waals surface area contributed by atoms with Crippen molar-refractivity contribution in [3.63, 3.8) is 0 Å². The van der Waals surface area contributed by atoms with Crippen LogP contribution in [0.25, 0.3) is 11.1 Å². The molecule has 1 N–H and O–H groups in total. The van der Waals surface area contributed by atoms with Crippen LogP contribution in [0.2, 0.25) is 0 Å². The smallest absolute Gasteiger partial charge is 0.341 e. The zero-order valence-corrected chi connectivity index (χ0v) is 20.5. The third-order valence-corrected chi connectivity index (χ3v) is 6.74. The van der Waals surface area contributed by atoms with Crippen molar-refractivity contribution in [1.29, 1.82) is 0 Å². The van der Waals surface area contributed by atoms with Gasteiger partial charge >= 0.3 is 5.97 Å². The minimum absolute atomic E-state index is 0.179. The Bertz CT molecular complexity index is 1270. The molecule has 186 valence electrons. The van der Waals surface area contributed by atoms with E-state index in [9.17, 15) is 23.6 Å². The van der Waals surface area contributed by atoms with E-state index in [-0.39, 0.29) is 42.1 Å². The number of hydrogen-bond donors (Lipinski definition) is 1. The molecule has 0 bridgehead atoms. The number of esters is 1. The average molecular weight is 509 g/mol. The molecule has 0 aliphatic carbocycles. The number of nitrogens with zero attached hydrogens (tertiary/aromatic N) is 1. The van der Waals surface area contributed by atoms with Crippen LogP contribution in [0.5, 0.6) is 0 Å². The number of ether oxygens (including phenoxy) is 1. The number of carbonyl (C=O) groups is 4. The van der Waals surface area contributed by atoms with Crippen molar-refractivity contribution in [3.05, 3.63) is 76.4 Å². The first-order valence-corrected chi connectivity index (χ1v) is 12.6. The number of benzene rings is 2. The molecule has 0 radical (unpaired) electrons. The molecule has 1 aliphatic rings. The van der Waals surface area contributed by atoms with Crippen molar-refractivity contribution >= 4 is 40.0 Å². The molecule has 0 saturated heterocycles. The van der Waals surface area contributed by atoms with Gasteiger partial charge in [0, 0.05) is 23.9 Å². The van der Waals surface area contributed by atoms with Gasteiger partial charge in [0.05, 0.1) is 17.7 Å². The second kappa shape index (κ2) is 11.3. The fraction of sp³-hybridized carbons (Fsp3) is 0.259. The second-order valence-corrected chi connectivity index (χ2v) is 9.13. The average Bonchev–Trinajstić information content (AvgIpc) is 3.39. The first-order valence-electron chi connectivity index (χ1n) is 11.7. The summed E-state index contributed by atoms with van der Waals surface area (Å²) >= 11 is 1.20. The lowest BCUT2D eigenvalue weighted by Crippen LogP contribution is -2.30. The molecule has 36 heavy (non-hydrogen) atoms. The number of thiophene rings is 1. The maximum atomic E-state index is 13.3. The number of fused-ring (bicyclic) bond motifs is 1. The molecule has 0 spiro atoms. The largest absolute Gasteiger partial charge is 0.462 e. The highest BCUT2D eigenvalue weighted by Gasteiger charge is 2.34. The van der Waals surface area contributed by atoms with Gasteiger partial charge in [-0.15, -0.1) is 11.3 Å². The Morgan fingerprint density at radius 2 is 1.61 bits per heavy atom. The van der Waals surface area contributed by atoms with Gasteiger partial charge in [-0.3, -0.25) is 19.3 Å². The maximum Gasteiger partial charge on any atom is 0.341 e. The van der Waals surface area contributed by atoms with Crippen LogP contribution in [0.3, 0.4) is 0 Å². The molecule has 2 heterocycles. The lowest BCUT2D eigenvalue weighted by molar-refractivity contribution is -0.116. The van der Waals surface area contributed by atoms with E-state index in [1.807, 2.05) is 0 Å². The molecule has 0 atom stereocenters. The zero-order valence-electron chi connectivity index (χ0n) is 19.7. The maximum absolute atomic E-state index is 13.3. The quantitative estimate of drug-likeness (QED) is 0.221. The highest BCUT2D eigenvalue weighted by atomic mass is 32.1. The number of halogens is 1. The van der Waals surface area contributed by atoms with Crippen LogP contribution in [0.4, 0.5) is 9.39 Å². The van der Waals surface area contributed by atoms with Gasteiger partial charge in [-0.05, 0) is 49.6 Å². The monoisotopic (exact) mass is 508 g/mol. The summed E-state index contributed by atoms with van der Waals surface area (Å²) in [5, 5.41) is 4.91. The van der Waals surface area contributed by atoms with Crippen LogP contribution in [0, 0.1) is 5.82 Å². The predicted molar refractivity (Wildman–Crippen MR) is 135 cm³/mol. The van der Waals surface area contributed by atoms with Gasteiger partial charge in [0.15, 0.2) is 0 Å². The fourth-order valence-corrected chi connectivity index (χ4v) is 5.03. The summed E-state index contributed by atoms with van der Waals surface area (Å²) in [6, 6.07) is 12.5. The summed E-state index contributed by atoms with van der Waals surface area (Å²) < 4.78 is 18.5. The summed E-state index contributed by atoms with van der Waals surface area (Å²) in [6.07, 6.45) is 2.01. The molecule has 1 aliphatic heterocycles. The lowest BCUT2D eigenvalue weighted by Gasteiger charge is -2.13. The number of rotatable bonds is 10. The van der Waals surface area contributed by atoms with E-state index in [4.69, 9.17) is 4.74 Å². The van der Waals surface area contributed by atoms with Crippen LogP contribution in [-0.2, 0) is 9.53 Å². The number of anilines is 1. The van der Waals surface area contributed by atoms with Crippen LogP contribution in [0.15, 0.2) is 53.9 Å². The summed E-state index contributed by atoms with van der Waals surface area (Å²) in [7, 11) is 0. The van der Waals surface area contributed by atoms with Gasteiger partial charge in [0.1, 0.15) is 16.4 Å². The molecule has 0 saturated carbocycles. The van der Waals surface area contributed by atoms with Crippen LogP contribution < -0.4 is 5.32 Å². The standard InChI is InChI=1S/C27H25FN2O5S/c1-2-35-27(34)23-21(17-11-13-18(28)14-12-17)16-36-24(23)29-22(31)10-4-3-7-15-30-25(32)19-8-5-6-9-20(19)26(30)33/h5-6,8-9,11-14,16H,2-4,7,10,15H2,1H3,(H,29,31). The minimum Gasteiger partial charge on any atom is -0.462 e. The normalized spacial score (nSPS) is 12.6. The molecular formula is C27H25FN2O5S. The fourth-order valence-electron chi connectivity index (χ4n) is 4.06. The van der Waals surface area contributed by atoms with Crippen molar-refractivity contribution < 1.29 is 28.3 Å². The van der Waals surface area contributed by atoms with E-state index in [0.29, 0.717) is 53.1 Å². The van der Waals surface area contributed by atoms with E-state index in [1.54, 1.807) is 48.7 Å². The summed E-state index contributed by atoms with van der Waals surface area (Å²) in [6.45, 7) is 2.17. The number of hydrogen-bond acceptors (Lipinski definition) is 6. The molecule has 3 amide bonds. The number of carbonyl (C=O) groups excluding carboxylic acids is 4. The highest BCUT2D eigenvalue weighted by Crippen LogP contribution is 2.36. The topological polar surface area (TPSA) is 92.8 Å². The van der Waals surface area contributed by atoms with E-state index in [0.717, 1.165) is 0 Å². The van der Waals surface area contributed by atoms with Gasteiger partial charge in [-0.25, -0.2) is 9.18 Å². The van der Waals surface area contributed by atoms with Crippen molar-refractivity contribution in [1.82, 2.24) is 4.90 Å². The molecule has 2 aromatic carbocycles. The summed E-state index contributed by atoms with van der Waals surface area (Å²) in [5.41, 5.74) is 2.30. The third kappa shape index (κ3) is 5.36. The molecular weight excluding hydrogens is 483 g/mol. The number of unbranched alkanes of at least 4 members (excludes halogenated alkanes) is 2. The van der Waals surface area contributed by atoms with Crippen molar-refractivity contribution in [2.75, 3.05) is 18.5 Å². The van der Waals surface area contributed by atoms with E-state index in [2.05, 4.69) is 5.32 Å². The molecule has 9 heteroatoms. The van der Waals surface area contributed by atoms with Crippen molar-refractivity contribution in [2.24, 2.45) is 0 Å². The SMILES string of the molecule is CCOC(=O)c1c(-c2ccc(F)cc2)csc1NC(=O)CCCCCN1C(=O)c2ccccc2C1=O. The molecule has 3 aromatic rings. The molecule has 4 rings (SSSR count). The van der Waals surface area contributed by atoms with Gasteiger partial charge < -0.3 is 10.1 Å². The van der Waals surface area contributed by atoms with Gasteiger partial charge in [-0.2, -0.15) is 0 Å². The number of nitrogens with one attached hydrogen (secondary N) is 1. The Kier molecular flexibility index (Phi) is 7.90.